The van der Waals surface area contributed by atoms with Crippen LogP contribution in [0.4, 0.5) is 18.9 Å². The molecule has 0 aliphatic carbocycles. The molecule has 0 spiro atoms. The molecule has 1 amide bonds. The van der Waals surface area contributed by atoms with Gasteiger partial charge in [-0.15, -0.1) is 0 Å². The molecule has 1 N–H and O–H groups in total. The Kier molecular flexibility index (Phi) is 6.01. The lowest BCUT2D eigenvalue weighted by molar-refractivity contribution is -0.137. The summed E-state index contributed by atoms with van der Waals surface area (Å²) in [6.07, 6.45) is -4.49. The van der Waals surface area contributed by atoms with Crippen LogP contribution in [0.5, 0.6) is 0 Å². The van der Waals surface area contributed by atoms with Crippen molar-refractivity contribution < 1.29 is 22.2 Å². The molecule has 128 valence electrons. The van der Waals surface area contributed by atoms with Crippen molar-refractivity contribution in [2.24, 2.45) is 0 Å². The van der Waals surface area contributed by atoms with Crippen LogP contribution in [0, 0.1) is 0 Å². The van der Waals surface area contributed by atoms with Crippen molar-refractivity contribution in [2.45, 2.75) is 11.9 Å². The second-order valence-corrected chi connectivity index (χ2v) is 6.88. The summed E-state index contributed by atoms with van der Waals surface area (Å²) in [5, 5.41) is 2.88. The van der Waals surface area contributed by atoms with Gasteiger partial charge in [-0.2, -0.15) is 13.2 Å². The van der Waals surface area contributed by atoms with E-state index in [-0.39, 0.29) is 17.2 Å². The van der Waals surface area contributed by atoms with Crippen molar-refractivity contribution in [2.75, 3.05) is 11.1 Å². The number of halogens is 4. The second kappa shape index (κ2) is 7.81. The van der Waals surface area contributed by atoms with Gasteiger partial charge in [0.25, 0.3) is 0 Å². The molecule has 2 aromatic carbocycles. The molecule has 1 atom stereocenters. The fraction of sp³-hybridized carbons (Fsp3) is 0.188. The van der Waals surface area contributed by atoms with E-state index in [0.29, 0.717) is 5.02 Å². The van der Waals surface area contributed by atoms with E-state index in [1.165, 1.54) is 12.1 Å². The van der Waals surface area contributed by atoms with Gasteiger partial charge >= 0.3 is 6.18 Å². The lowest BCUT2D eigenvalue weighted by Crippen LogP contribution is -2.20. The highest BCUT2D eigenvalue weighted by Crippen LogP contribution is 2.30. The van der Waals surface area contributed by atoms with E-state index in [1.54, 1.807) is 24.3 Å². The number of amides is 1. The number of hydrogen-bond acceptors (Lipinski definition) is 2. The number of anilines is 1. The minimum atomic E-state index is -4.49. The smallest absolute Gasteiger partial charge is 0.325 e. The maximum atomic E-state index is 12.6. The van der Waals surface area contributed by atoms with Crippen molar-refractivity contribution in [1.29, 1.82) is 0 Å². The first-order valence-corrected chi connectivity index (χ1v) is 8.67. The highest BCUT2D eigenvalue weighted by molar-refractivity contribution is 7.84. The average molecular weight is 376 g/mol. The molecule has 0 aliphatic heterocycles. The molecule has 24 heavy (non-hydrogen) atoms. The van der Waals surface area contributed by atoms with Crippen LogP contribution in [0.3, 0.4) is 0 Å². The zero-order valence-electron chi connectivity index (χ0n) is 12.3. The molecule has 0 radical (unpaired) electrons. The third kappa shape index (κ3) is 5.65. The van der Waals surface area contributed by atoms with E-state index in [1.807, 2.05) is 0 Å². The largest absolute Gasteiger partial charge is 0.416 e. The van der Waals surface area contributed by atoms with Crippen molar-refractivity contribution in [1.82, 2.24) is 0 Å². The highest BCUT2D eigenvalue weighted by Gasteiger charge is 2.30. The average Bonchev–Trinajstić information content (AvgIpc) is 2.49. The number of rotatable bonds is 5. The van der Waals surface area contributed by atoms with Crippen molar-refractivity contribution >= 4 is 34.0 Å². The van der Waals surface area contributed by atoms with Crippen molar-refractivity contribution in [3.63, 3.8) is 0 Å². The maximum absolute atomic E-state index is 12.6. The zero-order valence-corrected chi connectivity index (χ0v) is 13.8. The molecule has 2 rings (SSSR count). The van der Waals surface area contributed by atoms with Gasteiger partial charge in [0, 0.05) is 27.3 Å². The maximum Gasteiger partial charge on any atom is 0.416 e. The number of alkyl halides is 3. The molecule has 0 unspecified atom stereocenters. The summed E-state index contributed by atoms with van der Waals surface area (Å²) >= 11 is 5.75. The van der Waals surface area contributed by atoms with Crippen LogP contribution in [0.1, 0.15) is 11.1 Å². The molecule has 0 aliphatic rings. The van der Waals surface area contributed by atoms with Crippen LogP contribution >= 0.6 is 11.6 Å². The van der Waals surface area contributed by atoms with Gasteiger partial charge in [0.1, 0.15) is 5.75 Å². The summed E-state index contributed by atoms with van der Waals surface area (Å²) in [6, 6.07) is 11.0. The van der Waals surface area contributed by atoms with E-state index in [4.69, 9.17) is 11.6 Å². The normalized spacial score (nSPS) is 12.7. The second-order valence-electron chi connectivity index (χ2n) is 4.98. The van der Waals surface area contributed by atoms with E-state index < -0.39 is 28.4 Å². The van der Waals surface area contributed by atoms with E-state index in [2.05, 4.69) is 5.32 Å². The molecule has 8 heteroatoms. The monoisotopic (exact) mass is 375 g/mol. The molecule has 0 heterocycles. The Labute approximate surface area is 144 Å². The Hall–Kier alpha value is -1.86. The molecule has 0 fully saturated rings. The highest BCUT2D eigenvalue weighted by atomic mass is 35.5. The van der Waals surface area contributed by atoms with Crippen LogP contribution in [0.25, 0.3) is 0 Å². The molecular weight excluding hydrogens is 363 g/mol. The lowest BCUT2D eigenvalue weighted by Gasteiger charge is -2.10. The lowest BCUT2D eigenvalue weighted by atomic mass is 10.2. The molecule has 3 nitrogen and oxygen atoms in total. The molecular formula is C16H13ClF3NO2S. The van der Waals surface area contributed by atoms with Gasteiger partial charge in [-0.1, -0.05) is 29.8 Å². The third-order valence-electron chi connectivity index (χ3n) is 3.01. The first kappa shape index (κ1) is 18.5. The minimum Gasteiger partial charge on any atom is -0.325 e. The molecule has 0 aromatic heterocycles. The van der Waals surface area contributed by atoms with Crippen molar-refractivity contribution in [3.05, 3.63) is 64.7 Å². The Morgan fingerprint density at radius 1 is 1.12 bits per heavy atom. The summed E-state index contributed by atoms with van der Waals surface area (Å²) in [6.45, 7) is 0. The molecule has 0 bridgehead atoms. The fourth-order valence-electron chi connectivity index (χ4n) is 1.93. The predicted molar refractivity (Wildman–Crippen MR) is 88.2 cm³/mol. The SMILES string of the molecule is O=C(C[S@](=O)Cc1ccc(Cl)cc1)Nc1cccc(C(F)(F)F)c1. The minimum absolute atomic E-state index is 0.0123. The third-order valence-corrected chi connectivity index (χ3v) is 4.50. The van der Waals surface area contributed by atoms with Gasteiger partial charge in [-0.05, 0) is 35.9 Å². The summed E-state index contributed by atoms with van der Waals surface area (Å²) in [5.41, 5.74) is -0.0921. The van der Waals surface area contributed by atoms with Gasteiger partial charge in [0.2, 0.25) is 5.91 Å². The van der Waals surface area contributed by atoms with Gasteiger partial charge in [0.05, 0.1) is 5.56 Å². The molecule has 2 aromatic rings. The van der Waals surface area contributed by atoms with Crippen LogP contribution in [0.15, 0.2) is 48.5 Å². The first-order valence-electron chi connectivity index (χ1n) is 6.80. The Morgan fingerprint density at radius 2 is 1.79 bits per heavy atom. The number of carbonyl (C=O) groups is 1. The predicted octanol–water partition coefficient (Wildman–Crippen LogP) is 4.25. The Morgan fingerprint density at radius 3 is 2.42 bits per heavy atom. The molecule has 0 saturated heterocycles. The number of hydrogen-bond donors (Lipinski definition) is 1. The van der Waals surface area contributed by atoms with Crippen molar-refractivity contribution in [3.8, 4) is 0 Å². The summed E-state index contributed by atoms with van der Waals surface area (Å²) in [5.74, 6) is -0.756. The number of benzene rings is 2. The number of carbonyl (C=O) groups excluding carboxylic acids is 1. The van der Waals surface area contributed by atoms with E-state index in [0.717, 1.165) is 17.7 Å². The number of nitrogens with one attached hydrogen (secondary N) is 1. The summed E-state index contributed by atoms with van der Waals surface area (Å²) in [4.78, 5) is 11.8. The summed E-state index contributed by atoms with van der Waals surface area (Å²) in [7, 11) is -1.48. The van der Waals surface area contributed by atoms with Gasteiger partial charge in [-0.3, -0.25) is 9.00 Å². The van der Waals surface area contributed by atoms with Crippen LogP contribution < -0.4 is 5.32 Å². The zero-order chi connectivity index (χ0) is 17.7. The van der Waals surface area contributed by atoms with Crippen LogP contribution in [0.2, 0.25) is 5.02 Å². The Bertz CT molecular complexity index is 748. The quantitative estimate of drug-likeness (QED) is 0.849. The van der Waals surface area contributed by atoms with E-state index >= 15 is 0 Å². The van der Waals surface area contributed by atoms with Crippen LogP contribution in [-0.2, 0) is 27.5 Å². The van der Waals surface area contributed by atoms with Gasteiger partial charge in [-0.25, -0.2) is 0 Å². The summed E-state index contributed by atoms with van der Waals surface area (Å²) < 4.78 is 49.8. The topological polar surface area (TPSA) is 46.2 Å². The molecule has 0 saturated carbocycles. The first-order chi connectivity index (χ1) is 11.2. The standard InChI is InChI=1S/C16H13ClF3NO2S/c17-13-6-4-11(5-7-13)9-24(23)10-15(22)21-14-3-1-2-12(8-14)16(18,19)20/h1-8H,9-10H2,(H,21,22)/t24-/m1/s1. The van der Waals surface area contributed by atoms with E-state index in [9.17, 15) is 22.2 Å². The van der Waals surface area contributed by atoms with Gasteiger partial charge < -0.3 is 5.32 Å². The van der Waals surface area contributed by atoms with Crippen LogP contribution in [-0.4, -0.2) is 15.9 Å². The fourth-order valence-corrected chi connectivity index (χ4v) is 3.09. The Balaban J connectivity index is 1.93. The van der Waals surface area contributed by atoms with Gasteiger partial charge in [0.15, 0.2) is 0 Å².